The fourth-order valence-corrected chi connectivity index (χ4v) is 4.69. The molecule has 1 spiro atoms. The first-order valence-corrected chi connectivity index (χ1v) is 9.60. The molecule has 1 N–H and O–H groups in total. The monoisotopic (exact) mass is 391 g/mol. The van der Waals surface area contributed by atoms with Gasteiger partial charge in [-0.3, -0.25) is 14.6 Å². The largest absolute Gasteiger partial charge is 0.495 e. The second-order valence-electron chi connectivity index (χ2n) is 7.65. The third-order valence-electron chi connectivity index (χ3n) is 5.94. The van der Waals surface area contributed by atoms with Gasteiger partial charge in [0.15, 0.2) is 0 Å². The fraction of sp³-hybridized carbons (Fsp3) is 0.318. The minimum absolute atomic E-state index is 0.0547. The lowest BCUT2D eigenvalue weighted by Crippen LogP contribution is -2.41. The topological polar surface area (TPSA) is 80.8 Å². The Balaban J connectivity index is 1.39. The van der Waals surface area contributed by atoms with Crippen LogP contribution in [0.2, 0.25) is 0 Å². The molecule has 2 bridgehead atoms. The molecular weight excluding hydrogens is 370 g/mol. The molecule has 7 heteroatoms. The van der Waals surface area contributed by atoms with Gasteiger partial charge >= 0.3 is 0 Å². The normalized spacial score (nSPS) is 29.2. The van der Waals surface area contributed by atoms with Crippen LogP contribution in [-0.2, 0) is 20.9 Å². The van der Waals surface area contributed by atoms with Crippen molar-refractivity contribution in [2.45, 2.75) is 18.2 Å². The molecule has 5 rings (SSSR count). The van der Waals surface area contributed by atoms with Gasteiger partial charge in [-0.05, 0) is 23.8 Å². The number of nitrogens with one attached hydrogen (secondary N) is 1. The number of benzene rings is 1. The molecule has 3 aliphatic heterocycles. The first kappa shape index (κ1) is 17.9. The molecule has 7 nitrogen and oxygen atoms in total. The summed E-state index contributed by atoms with van der Waals surface area (Å²) in [5.74, 6) is -0.806. The Bertz CT molecular complexity index is 993. The Kier molecular flexibility index (Phi) is 4.13. The number of likely N-dealkylation sites (tertiary alicyclic amines) is 1. The number of nitrogens with zero attached hydrogens (tertiary/aromatic N) is 2. The van der Waals surface area contributed by atoms with Crippen LogP contribution in [0.25, 0.3) is 0 Å². The molecule has 2 amide bonds. The molecule has 4 heterocycles. The summed E-state index contributed by atoms with van der Waals surface area (Å²) in [5.41, 5.74) is 0.802. The molecule has 0 saturated carbocycles. The third-order valence-corrected chi connectivity index (χ3v) is 5.94. The molecule has 3 aliphatic rings. The first-order chi connectivity index (χ1) is 14.1. The lowest BCUT2D eigenvalue weighted by atomic mass is 9.76. The van der Waals surface area contributed by atoms with E-state index in [4.69, 9.17) is 9.47 Å². The van der Waals surface area contributed by atoms with Gasteiger partial charge in [0.25, 0.3) is 0 Å². The van der Waals surface area contributed by atoms with E-state index >= 15 is 0 Å². The quantitative estimate of drug-likeness (QED) is 0.789. The van der Waals surface area contributed by atoms with Crippen LogP contribution in [0.5, 0.6) is 5.75 Å². The molecule has 1 aromatic heterocycles. The molecular formula is C22H21N3O4. The highest BCUT2D eigenvalue weighted by atomic mass is 16.5. The predicted molar refractivity (Wildman–Crippen MR) is 105 cm³/mol. The summed E-state index contributed by atoms with van der Waals surface area (Å²) >= 11 is 0. The summed E-state index contributed by atoms with van der Waals surface area (Å²) in [4.78, 5) is 32.3. The number of ether oxygens (including phenoxy) is 2. The van der Waals surface area contributed by atoms with Gasteiger partial charge in [0.2, 0.25) is 11.8 Å². The van der Waals surface area contributed by atoms with E-state index in [0.29, 0.717) is 24.5 Å². The molecule has 2 saturated heterocycles. The highest BCUT2D eigenvalue weighted by Crippen LogP contribution is 2.52. The zero-order chi connectivity index (χ0) is 20.0. The number of carbonyl (C=O) groups excluding carboxylic acids is 2. The molecule has 1 aromatic carbocycles. The number of amides is 2. The van der Waals surface area contributed by atoms with Gasteiger partial charge in [-0.15, -0.1) is 0 Å². The van der Waals surface area contributed by atoms with Gasteiger partial charge in [-0.2, -0.15) is 0 Å². The summed E-state index contributed by atoms with van der Waals surface area (Å²) < 4.78 is 11.5. The number of pyridine rings is 1. The van der Waals surface area contributed by atoms with Crippen molar-refractivity contribution < 1.29 is 19.1 Å². The molecule has 4 atom stereocenters. The number of rotatable bonds is 5. The fourth-order valence-electron chi connectivity index (χ4n) is 4.69. The number of carbonyl (C=O) groups is 2. The zero-order valence-electron chi connectivity index (χ0n) is 15.9. The third kappa shape index (κ3) is 2.81. The Morgan fingerprint density at radius 3 is 3.00 bits per heavy atom. The van der Waals surface area contributed by atoms with Crippen LogP contribution in [-0.4, -0.2) is 47.1 Å². The first-order valence-electron chi connectivity index (χ1n) is 9.60. The van der Waals surface area contributed by atoms with Gasteiger partial charge < -0.3 is 19.7 Å². The van der Waals surface area contributed by atoms with Gasteiger partial charge in [0, 0.05) is 18.9 Å². The van der Waals surface area contributed by atoms with Crippen molar-refractivity contribution in [2.24, 2.45) is 11.8 Å². The number of methoxy groups -OCH3 is 1. The van der Waals surface area contributed by atoms with E-state index in [2.05, 4.69) is 10.3 Å². The molecule has 0 aliphatic carbocycles. The zero-order valence-corrected chi connectivity index (χ0v) is 15.9. The van der Waals surface area contributed by atoms with Crippen LogP contribution < -0.4 is 10.1 Å². The second-order valence-corrected chi connectivity index (χ2v) is 7.65. The van der Waals surface area contributed by atoms with Crippen LogP contribution >= 0.6 is 0 Å². The maximum absolute atomic E-state index is 13.3. The van der Waals surface area contributed by atoms with E-state index in [-0.39, 0.29) is 17.9 Å². The van der Waals surface area contributed by atoms with Crippen molar-refractivity contribution >= 4 is 17.5 Å². The number of anilines is 1. The molecule has 29 heavy (non-hydrogen) atoms. The van der Waals surface area contributed by atoms with Crippen molar-refractivity contribution in [3.63, 3.8) is 0 Å². The average molecular weight is 391 g/mol. The number of aromatic nitrogens is 1. The van der Waals surface area contributed by atoms with Crippen molar-refractivity contribution in [3.05, 3.63) is 66.5 Å². The number of hydrogen-bond acceptors (Lipinski definition) is 5. The number of fused-ring (bicyclic) bond motifs is 1. The van der Waals surface area contributed by atoms with Crippen LogP contribution in [0.1, 0.15) is 5.56 Å². The number of para-hydroxylation sites is 2. The van der Waals surface area contributed by atoms with Gasteiger partial charge in [0.05, 0.1) is 37.3 Å². The lowest BCUT2D eigenvalue weighted by molar-refractivity contribution is -0.136. The maximum Gasteiger partial charge on any atom is 0.231 e. The highest BCUT2D eigenvalue weighted by molar-refractivity contribution is 5.99. The van der Waals surface area contributed by atoms with E-state index in [1.807, 2.05) is 36.4 Å². The van der Waals surface area contributed by atoms with Gasteiger partial charge in [-0.1, -0.05) is 30.4 Å². The SMILES string of the molecule is COc1ccccc1NC(=O)[C@H]1[C@H]2C=C[C@]3(CN(Cc4cccnc4)C(=O)[C@@H]13)O2. The van der Waals surface area contributed by atoms with Crippen LogP contribution in [0, 0.1) is 11.8 Å². The van der Waals surface area contributed by atoms with Gasteiger partial charge in [0.1, 0.15) is 11.4 Å². The Morgan fingerprint density at radius 1 is 1.34 bits per heavy atom. The van der Waals surface area contributed by atoms with Crippen molar-refractivity contribution in [3.8, 4) is 5.75 Å². The predicted octanol–water partition coefficient (Wildman–Crippen LogP) is 2.01. The average Bonchev–Trinajstić information content (AvgIpc) is 3.37. The van der Waals surface area contributed by atoms with Crippen LogP contribution in [0.4, 0.5) is 5.69 Å². The Morgan fingerprint density at radius 2 is 2.21 bits per heavy atom. The highest BCUT2D eigenvalue weighted by Gasteiger charge is 2.66. The Labute approximate surface area is 168 Å². The molecule has 0 unspecified atom stereocenters. The van der Waals surface area contributed by atoms with Crippen molar-refractivity contribution in [2.75, 3.05) is 19.0 Å². The standard InChI is InChI=1S/C22H21N3O4/c1-28-16-7-3-2-6-15(16)24-20(26)18-17-8-9-22(29-17)13-25(21(27)19(18)22)12-14-5-4-10-23-11-14/h2-11,17-19H,12-13H2,1H3,(H,24,26)/t17-,18+,19-,22-/m1/s1. The summed E-state index contributed by atoms with van der Waals surface area (Å²) in [6.45, 7) is 0.893. The van der Waals surface area contributed by atoms with E-state index in [1.54, 1.807) is 36.5 Å². The molecule has 2 fully saturated rings. The van der Waals surface area contributed by atoms with Crippen molar-refractivity contribution in [1.29, 1.82) is 0 Å². The summed E-state index contributed by atoms with van der Waals surface area (Å²) in [7, 11) is 1.56. The summed E-state index contributed by atoms with van der Waals surface area (Å²) in [5, 5.41) is 2.92. The molecule has 2 aromatic rings. The van der Waals surface area contributed by atoms with E-state index in [0.717, 1.165) is 5.56 Å². The Hall–Kier alpha value is -3.19. The smallest absolute Gasteiger partial charge is 0.231 e. The summed E-state index contributed by atoms with van der Waals surface area (Å²) in [6.07, 6.45) is 6.92. The summed E-state index contributed by atoms with van der Waals surface area (Å²) in [6, 6.07) is 11.0. The maximum atomic E-state index is 13.3. The minimum Gasteiger partial charge on any atom is -0.495 e. The molecule has 148 valence electrons. The lowest BCUT2D eigenvalue weighted by Gasteiger charge is -2.23. The second kappa shape index (κ2) is 6.70. The van der Waals surface area contributed by atoms with Crippen LogP contribution in [0.15, 0.2) is 60.9 Å². The number of hydrogen-bond donors (Lipinski definition) is 1. The minimum atomic E-state index is -0.729. The van der Waals surface area contributed by atoms with Crippen LogP contribution in [0.3, 0.4) is 0 Å². The van der Waals surface area contributed by atoms with Crippen molar-refractivity contribution in [1.82, 2.24) is 9.88 Å². The van der Waals surface area contributed by atoms with E-state index < -0.39 is 17.4 Å². The van der Waals surface area contributed by atoms with Gasteiger partial charge in [-0.25, -0.2) is 0 Å². The molecule has 0 radical (unpaired) electrons. The van der Waals surface area contributed by atoms with E-state index in [9.17, 15) is 9.59 Å². The van der Waals surface area contributed by atoms with E-state index in [1.165, 1.54) is 0 Å².